The lowest BCUT2D eigenvalue weighted by Gasteiger charge is -2.16. The van der Waals surface area contributed by atoms with Crippen LogP contribution >= 0.6 is 31.9 Å². The molecule has 0 fully saturated rings. The maximum Gasteiger partial charge on any atom is 0.249 e. The molecule has 2 heterocycles. The van der Waals surface area contributed by atoms with Crippen LogP contribution in [-0.4, -0.2) is 25.5 Å². The number of halogens is 2. The molecule has 6 nitrogen and oxygen atoms in total. The molecule has 3 aromatic rings. The van der Waals surface area contributed by atoms with Gasteiger partial charge >= 0.3 is 0 Å². The molecule has 27 heavy (non-hydrogen) atoms. The fraction of sp³-hybridized carbons (Fsp3) is 0.316. The topological polar surface area (TPSA) is 64.7 Å². The highest BCUT2D eigenvalue weighted by molar-refractivity contribution is 9.10. The van der Waals surface area contributed by atoms with Crippen LogP contribution in [0.2, 0.25) is 0 Å². The average Bonchev–Trinajstić information content (AvgIpc) is 3.15. The third-order valence-corrected chi connectivity index (χ3v) is 5.96. The largest absolute Gasteiger partial charge is 0.324 e. The van der Waals surface area contributed by atoms with Crippen molar-refractivity contribution in [1.82, 2.24) is 19.6 Å². The predicted octanol–water partition coefficient (Wildman–Crippen LogP) is 4.86. The molecule has 0 aliphatic carbocycles. The Kier molecular flexibility index (Phi) is 6.16. The Morgan fingerprint density at radius 3 is 2.67 bits per heavy atom. The molecule has 0 saturated heterocycles. The molecule has 0 spiro atoms. The molecule has 0 bridgehead atoms. The zero-order valence-corrected chi connectivity index (χ0v) is 18.6. The van der Waals surface area contributed by atoms with Gasteiger partial charge in [0.15, 0.2) is 0 Å². The fourth-order valence-corrected chi connectivity index (χ4v) is 3.54. The minimum atomic E-state index is -0.355. The Morgan fingerprint density at radius 1 is 1.30 bits per heavy atom. The number of hydrogen-bond acceptors (Lipinski definition) is 3. The van der Waals surface area contributed by atoms with Crippen LogP contribution in [0.25, 0.3) is 0 Å². The first-order chi connectivity index (χ1) is 12.9. The first-order valence-corrected chi connectivity index (χ1v) is 10.3. The monoisotopic (exact) mass is 493 g/mol. The predicted molar refractivity (Wildman–Crippen MR) is 113 cm³/mol. The highest BCUT2D eigenvalue weighted by Gasteiger charge is 2.19. The average molecular weight is 495 g/mol. The van der Waals surface area contributed by atoms with Crippen LogP contribution in [0.3, 0.4) is 0 Å². The van der Waals surface area contributed by atoms with Gasteiger partial charge in [-0.05, 0) is 69.8 Å². The van der Waals surface area contributed by atoms with E-state index in [4.69, 9.17) is 0 Å². The number of anilines is 1. The van der Waals surface area contributed by atoms with E-state index in [1.165, 1.54) is 0 Å². The lowest BCUT2D eigenvalue weighted by Crippen LogP contribution is -2.26. The van der Waals surface area contributed by atoms with Gasteiger partial charge < -0.3 is 5.32 Å². The molecule has 2 aromatic heterocycles. The van der Waals surface area contributed by atoms with E-state index in [1.54, 1.807) is 10.9 Å². The second kappa shape index (κ2) is 8.39. The molecule has 1 aromatic carbocycles. The molecule has 0 radical (unpaired) electrons. The Morgan fingerprint density at radius 2 is 2.07 bits per heavy atom. The Hall–Kier alpha value is -1.93. The molecule has 8 heteroatoms. The van der Waals surface area contributed by atoms with Gasteiger partial charge in [0.25, 0.3) is 0 Å². The maximum absolute atomic E-state index is 12.7. The van der Waals surface area contributed by atoms with E-state index in [9.17, 15) is 4.79 Å². The highest BCUT2D eigenvalue weighted by Crippen LogP contribution is 2.22. The van der Waals surface area contributed by atoms with Crippen LogP contribution < -0.4 is 5.32 Å². The third kappa shape index (κ3) is 4.50. The number of rotatable bonds is 6. The van der Waals surface area contributed by atoms with Crippen molar-refractivity contribution >= 4 is 43.5 Å². The number of nitrogens with one attached hydrogen (secondary N) is 1. The molecule has 1 atom stereocenters. The Bertz CT molecular complexity index is 963. The molecule has 3 rings (SSSR count). The van der Waals surface area contributed by atoms with Crippen molar-refractivity contribution in [2.45, 2.75) is 39.8 Å². The summed E-state index contributed by atoms with van der Waals surface area (Å²) in [5.74, 6) is -0.0842. The fourth-order valence-electron chi connectivity index (χ4n) is 2.95. The Balaban J connectivity index is 1.75. The summed E-state index contributed by atoms with van der Waals surface area (Å²) in [4.78, 5) is 12.7. The van der Waals surface area contributed by atoms with Crippen molar-refractivity contribution in [2.24, 2.45) is 0 Å². The summed E-state index contributed by atoms with van der Waals surface area (Å²) in [7, 11) is 0. The van der Waals surface area contributed by atoms with Gasteiger partial charge in [0.2, 0.25) is 5.91 Å². The van der Waals surface area contributed by atoms with Crippen molar-refractivity contribution < 1.29 is 4.79 Å². The summed E-state index contributed by atoms with van der Waals surface area (Å²) in [6.45, 7) is 6.62. The molecule has 1 amide bonds. The Labute approximate surface area is 175 Å². The third-order valence-electron chi connectivity index (χ3n) is 4.40. The molecule has 0 aliphatic rings. The number of nitrogens with zero attached hydrogens (tertiary/aromatic N) is 4. The summed E-state index contributed by atoms with van der Waals surface area (Å²) in [6.07, 6.45) is 4.15. The maximum atomic E-state index is 12.7. The van der Waals surface area contributed by atoms with Crippen LogP contribution in [0.5, 0.6) is 0 Å². The van der Waals surface area contributed by atoms with Crippen molar-refractivity contribution in [1.29, 1.82) is 0 Å². The number of aryl methyl sites for hydroxylation is 1. The van der Waals surface area contributed by atoms with Crippen molar-refractivity contribution in [3.05, 3.63) is 62.6 Å². The summed E-state index contributed by atoms with van der Waals surface area (Å²) < 4.78 is 5.52. The standard InChI is InChI=1S/C19H21Br2N5O/c1-4-17(26-11-15(20)9-22-26)19(27)23-16-7-5-6-14(8-16)10-25-13(3)18(21)12(2)24-25/h5-9,11,17H,4,10H2,1-3H3,(H,23,27). The minimum absolute atomic E-state index is 0.0842. The number of carbonyl (C=O) groups excluding carboxylic acids is 1. The second-order valence-electron chi connectivity index (χ2n) is 6.39. The van der Waals surface area contributed by atoms with Gasteiger partial charge in [-0.15, -0.1) is 0 Å². The lowest BCUT2D eigenvalue weighted by molar-refractivity contribution is -0.119. The summed E-state index contributed by atoms with van der Waals surface area (Å²) in [5, 5.41) is 11.8. The van der Waals surface area contributed by atoms with E-state index >= 15 is 0 Å². The lowest BCUT2D eigenvalue weighted by atomic mass is 10.1. The van der Waals surface area contributed by atoms with Gasteiger partial charge in [-0.2, -0.15) is 10.2 Å². The van der Waals surface area contributed by atoms with Gasteiger partial charge in [-0.25, -0.2) is 0 Å². The van der Waals surface area contributed by atoms with E-state index < -0.39 is 0 Å². The molecule has 0 aliphatic heterocycles. The second-order valence-corrected chi connectivity index (χ2v) is 8.10. The van der Waals surface area contributed by atoms with Gasteiger partial charge in [0.05, 0.1) is 33.1 Å². The molecule has 142 valence electrons. The number of hydrogen-bond donors (Lipinski definition) is 1. The van der Waals surface area contributed by atoms with Crippen molar-refractivity contribution in [3.8, 4) is 0 Å². The number of carbonyl (C=O) groups is 1. The molecule has 1 N–H and O–H groups in total. The number of benzene rings is 1. The van der Waals surface area contributed by atoms with Crippen LogP contribution in [-0.2, 0) is 11.3 Å². The van der Waals surface area contributed by atoms with Crippen LogP contribution in [0.4, 0.5) is 5.69 Å². The summed E-state index contributed by atoms with van der Waals surface area (Å²) in [6, 6.07) is 7.49. The highest BCUT2D eigenvalue weighted by atomic mass is 79.9. The van der Waals surface area contributed by atoms with Crippen LogP contribution in [0, 0.1) is 13.8 Å². The summed E-state index contributed by atoms with van der Waals surface area (Å²) in [5.41, 5.74) is 3.88. The minimum Gasteiger partial charge on any atom is -0.324 e. The smallest absolute Gasteiger partial charge is 0.249 e. The van der Waals surface area contributed by atoms with Crippen molar-refractivity contribution in [3.63, 3.8) is 0 Å². The van der Waals surface area contributed by atoms with Crippen molar-refractivity contribution in [2.75, 3.05) is 5.32 Å². The van der Waals surface area contributed by atoms with Crippen LogP contribution in [0.15, 0.2) is 45.6 Å². The zero-order chi connectivity index (χ0) is 19.6. The quantitative estimate of drug-likeness (QED) is 0.532. The van der Waals surface area contributed by atoms with Gasteiger partial charge in [0.1, 0.15) is 6.04 Å². The molecule has 0 saturated carbocycles. The molecule has 1 unspecified atom stereocenters. The number of aromatic nitrogens is 4. The van der Waals surface area contributed by atoms with Gasteiger partial charge in [-0.1, -0.05) is 19.1 Å². The van der Waals surface area contributed by atoms with Gasteiger partial charge in [0, 0.05) is 11.9 Å². The number of amides is 1. The first-order valence-electron chi connectivity index (χ1n) is 8.68. The summed E-state index contributed by atoms with van der Waals surface area (Å²) >= 11 is 6.93. The SMILES string of the molecule is CCC(C(=O)Nc1cccc(Cn2nc(C)c(Br)c2C)c1)n1cc(Br)cn1. The van der Waals surface area contributed by atoms with Gasteiger partial charge in [-0.3, -0.25) is 14.2 Å². The molecular formula is C19H21Br2N5O. The van der Waals surface area contributed by atoms with E-state index in [0.29, 0.717) is 13.0 Å². The van der Waals surface area contributed by atoms with E-state index in [0.717, 1.165) is 31.6 Å². The normalized spacial score (nSPS) is 12.2. The van der Waals surface area contributed by atoms with Crippen LogP contribution in [0.1, 0.15) is 36.3 Å². The zero-order valence-electron chi connectivity index (χ0n) is 15.4. The molecular weight excluding hydrogens is 474 g/mol. The first kappa shape index (κ1) is 19.8. The van der Waals surface area contributed by atoms with E-state index in [-0.39, 0.29) is 11.9 Å². The van der Waals surface area contributed by atoms with E-state index in [2.05, 4.69) is 47.4 Å². The van der Waals surface area contributed by atoms with E-state index in [1.807, 2.05) is 55.9 Å².